The minimum atomic E-state index is -0.249. The van der Waals surface area contributed by atoms with Gasteiger partial charge in [-0.1, -0.05) is 94.7 Å². The van der Waals surface area contributed by atoms with Crippen LogP contribution in [0.15, 0.2) is 105 Å². The van der Waals surface area contributed by atoms with E-state index in [2.05, 4.69) is 34.1 Å². The minimum Gasteiger partial charge on any atom is -0.488 e. The first-order chi connectivity index (χ1) is 20.9. The predicted molar refractivity (Wildman–Crippen MR) is 179 cm³/mol. The van der Waals surface area contributed by atoms with E-state index in [0.29, 0.717) is 36.8 Å². The summed E-state index contributed by atoms with van der Waals surface area (Å²) < 4.78 is 9.23. The normalized spacial score (nSPS) is 15.9. The fraction of sp³-hybridized carbons (Fsp3) is 0.118. The van der Waals surface area contributed by atoms with E-state index in [1.807, 2.05) is 65.2 Å². The van der Waals surface area contributed by atoms with Crippen molar-refractivity contribution in [2.75, 3.05) is 0 Å². The maximum atomic E-state index is 14.0. The van der Waals surface area contributed by atoms with E-state index < -0.39 is 0 Å². The van der Waals surface area contributed by atoms with Crippen molar-refractivity contribution in [1.29, 1.82) is 0 Å². The van der Waals surface area contributed by atoms with Gasteiger partial charge in [0.15, 0.2) is 4.80 Å². The Bertz CT molecular complexity index is 2120. The minimum absolute atomic E-state index is 0.0667. The molecule has 0 bridgehead atoms. The summed E-state index contributed by atoms with van der Waals surface area (Å²) >= 11 is 23.6. The molecule has 4 aromatic carbocycles. The standard InChI is InChI=1S/C34H22BrCl3N2O2S/c35-27-15-19(5-14-29(27)42-18-22-8-12-24(37)17-28(22)38)16-30-33(41)40-32(21-6-10-23(36)11-7-21)26-13-9-20-3-1-2-4-25(20)31(26)39-34(40)43-30/h1-8,10-12,14-17,32H,9,13,18H2/b30-16-/t32-/m1/s1. The molecule has 1 aromatic heterocycles. The quantitative estimate of drug-likeness (QED) is 0.184. The highest BCUT2D eigenvalue weighted by atomic mass is 79.9. The Balaban J connectivity index is 1.28. The van der Waals surface area contributed by atoms with Gasteiger partial charge < -0.3 is 4.74 Å². The van der Waals surface area contributed by atoms with Crippen LogP contribution in [0.2, 0.25) is 15.1 Å². The number of nitrogens with zero attached hydrogens (tertiary/aromatic N) is 2. The Kier molecular flexibility index (Phi) is 7.83. The summed E-state index contributed by atoms with van der Waals surface area (Å²) in [5.74, 6) is 0.665. The third-order valence-corrected chi connectivity index (χ3v) is 10.2. The van der Waals surface area contributed by atoms with Gasteiger partial charge in [-0.3, -0.25) is 9.36 Å². The molecule has 0 spiro atoms. The molecule has 1 atom stereocenters. The van der Waals surface area contributed by atoms with Crippen LogP contribution in [0.1, 0.15) is 40.3 Å². The first-order valence-corrected chi connectivity index (χ1v) is 16.3. The Morgan fingerprint density at radius 1 is 0.953 bits per heavy atom. The smallest absolute Gasteiger partial charge is 0.271 e. The van der Waals surface area contributed by atoms with Crippen LogP contribution in [-0.2, 0) is 13.0 Å². The summed E-state index contributed by atoms with van der Waals surface area (Å²) in [7, 11) is 0. The number of hydrogen-bond donors (Lipinski definition) is 0. The molecule has 0 fully saturated rings. The van der Waals surface area contributed by atoms with Crippen LogP contribution < -0.4 is 19.6 Å². The lowest BCUT2D eigenvalue weighted by Crippen LogP contribution is -2.38. The highest BCUT2D eigenvalue weighted by Crippen LogP contribution is 2.41. The molecule has 1 aliphatic carbocycles. The van der Waals surface area contributed by atoms with E-state index in [1.165, 1.54) is 16.9 Å². The molecule has 0 saturated carbocycles. The van der Waals surface area contributed by atoms with Crippen LogP contribution in [-0.4, -0.2) is 4.57 Å². The molecule has 4 nitrogen and oxygen atoms in total. The lowest BCUT2D eigenvalue weighted by molar-refractivity contribution is 0.304. The topological polar surface area (TPSA) is 43.6 Å². The van der Waals surface area contributed by atoms with Gasteiger partial charge in [0, 0.05) is 26.2 Å². The fourth-order valence-corrected chi connectivity index (χ4v) is 7.74. The summed E-state index contributed by atoms with van der Waals surface area (Å²) in [6, 6.07) is 27.0. The average Bonchev–Trinajstić information content (AvgIpc) is 3.31. The van der Waals surface area contributed by atoms with Gasteiger partial charge in [-0.15, -0.1) is 0 Å². The van der Waals surface area contributed by atoms with E-state index in [9.17, 15) is 4.79 Å². The molecular weight excluding hydrogens is 687 g/mol. The molecule has 214 valence electrons. The Morgan fingerprint density at radius 3 is 2.53 bits per heavy atom. The highest BCUT2D eigenvalue weighted by Gasteiger charge is 2.32. The van der Waals surface area contributed by atoms with E-state index in [1.54, 1.807) is 12.1 Å². The van der Waals surface area contributed by atoms with Gasteiger partial charge in [0.25, 0.3) is 5.56 Å². The van der Waals surface area contributed by atoms with E-state index in [4.69, 9.17) is 44.5 Å². The van der Waals surface area contributed by atoms with Crippen molar-refractivity contribution >= 4 is 73.8 Å². The van der Waals surface area contributed by atoms with Crippen molar-refractivity contribution in [3.63, 3.8) is 0 Å². The van der Waals surface area contributed by atoms with E-state index in [-0.39, 0.29) is 11.6 Å². The molecule has 0 saturated heterocycles. The molecule has 5 aromatic rings. The van der Waals surface area contributed by atoms with Crippen molar-refractivity contribution in [3.8, 4) is 5.75 Å². The summed E-state index contributed by atoms with van der Waals surface area (Å²) in [4.78, 5) is 19.8. The average molecular weight is 709 g/mol. The summed E-state index contributed by atoms with van der Waals surface area (Å²) in [5.41, 5.74) is 7.20. The highest BCUT2D eigenvalue weighted by molar-refractivity contribution is 9.10. The number of fused-ring (bicyclic) bond motifs is 3. The van der Waals surface area contributed by atoms with Crippen molar-refractivity contribution in [1.82, 2.24) is 4.57 Å². The second-order valence-electron chi connectivity index (χ2n) is 10.4. The van der Waals surface area contributed by atoms with Gasteiger partial charge in [-0.2, -0.15) is 0 Å². The zero-order valence-corrected chi connectivity index (χ0v) is 27.2. The third-order valence-electron chi connectivity index (χ3n) is 7.71. The van der Waals surface area contributed by atoms with Gasteiger partial charge in [-0.25, -0.2) is 4.99 Å². The van der Waals surface area contributed by atoms with Gasteiger partial charge in [0.05, 0.1) is 20.7 Å². The van der Waals surface area contributed by atoms with Gasteiger partial charge >= 0.3 is 0 Å². The van der Waals surface area contributed by atoms with Crippen LogP contribution in [0, 0.1) is 0 Å². The molecule has 0 N–H and O–H groups in total. The molecule has 0 unspecified atom stereocenters. The number of hydrogen-bond acceptors (Lipinski definition) is 4. The number of halogens is 4. The van der Waals surface area contributed by atoms with Crippen LogP contribution >= 0.6 is 62.1 Å². The Labute approximate surface area is 275 Å². The second-order valence-corrected chi connectivity index (χ2v) is 13.5. The van der Waals surface area contributed by atoms with Crippen LogP contribution in [0.25, 0.3) is 11.8 Å². The second kappa shape index (κ2) is 11.8. The molecule has 7 rings (SSSR count). The number of benzene rings is 4. The maximum Gasteiger partial charge on any atom is 0.271 e. The molecule has 43 heavy (non-hydrogen) atoms. The Morgan fingerprint density at radius 2 is 1.74 bits per heavy atom. The van der Waals surface area contributed by atoms with Gasteiger partial charge in [0.1, 0.15) is 12.4 Å². The van der Waals surface area contributed by atoms with Crippen LogP contribution in [0.5, 0.6) is 5.75 Å². The largest absolute Gasteiger partial charge is 0.488 e. The molecule has 1 aliphatic heterocycles. The van der Waals surface area contributed by atoms with Crippen molar-refractivity contribution in [2.24, 2.45) is 4.99 Å². The summed E-state index contributed by atoms with van der Waals surface area (Å²) in [6.07, 6.45) is 3.65. The lowest BCUT2D eigenvalue weighted by atomic mass is 9.83. The predicted octanol–water partition coefficient (Wildman–Crippen LogP) is 8.62. The number of ether oxygens (including phenoxy) is 1. The van der Waals surface area contributed by atoms with Gasteiger partial charge in [-0.05, 0) is 93.5 Å². The van der Waals surface area contributed by atoms with Crippen molar-refractivity contribution < 1.29 is 4.74 Å². The third kappa shape index (κ3) is 5.52. The maximum absolute atomic E-state index is 14.0. The number of aromatic nitrogens is 1. The first kappa shape index (κ1) is 28.6. The molecule has 2 aliphatic rings. The molecule has 0 amide bonds. The molecular formula is C34H22BrCl3N2O2S. The zero-order valence-electron chi connectivity index (χ0n) is 22.5. The van der Waals surface area contributed by atoms with Crippen LogP contribution in [0.3, 0.4) is 0 Å². The summed E-state index contributed by atoms with van der Waals surface area (Å²) in [6.45, 7) is 0.297. The molecule has 9 heteroatoms. The Hall–Kier alpha value is -3.13. The van der Waals surface area contributed by atoms with E-state index >= 15 is 0 Å². The van der Waals surface area contributed by atoms with Crippen LogP contribution in [0.4, 0.5) is 0 Å². The lowest BCUT2D eigenvalue weighted by Gasteiger charge is -2.30. The first-order valence-electron chi connectivity index (χ1n) is 13.6. The van der Waals surface area contributed by atoms with Gasteiger partial charge in [0.2, 0.25) is 0 Å². The molecule has 0 radical (unpaired) electrons. The zero-order chi connectivity index (χ0) is 29.7. The summed E-state index contributed by atoms with van der Waals surface area (Å²) in [5, 5.41) is 1.79. The monoisotopic (exact) mass is 706 g/mol. The SMILES string of the molecule is O=c1/c(=C/c2ccc(OCc3ccc(Cl)cc3Cl)c(Br)c2)sc2n1[C@H](c1ccc(Cl)cc1)C1=C(N=2)c2ccccc2CC1. The number of allylic oxidation sites excluding steroid dienone is 1. The van der Waals surface area contributed by atoms with Crippen molar-refractivity contribution in [3.05, 3.63) is 158 Å². The number of thiazole rings is 1. The van der Waals surface area contributed by atoms with E-state index in [0.717, 1.165) is 50.8 Å². The number of rotatable bonds is 5. The number of aryl methyl sites for hydroxylation is 1. The molecule has 2 heterocycles. The fourth-order valence-electron chi connectivity index (χ4n) is 5.64. The van der Waals surface area contributed by atoms with Crippen molar-refractivity contribution in [2.45, 2.75) is 25.5 Å².